The predicted molar refractivity (Wildman–Crippen MR) is 98.0 cm³/mol. The van der Waals surface area contributed by atoms with Gasteiger partial charge in [-0.15, -0.1) is 0 Å². The third-order valence-electron chi connectivity index (χ3n) is 3.34. The van der Waals surface area contributed by atoms with Gasteiger partial charge in [0.2, 0.25) is 5.91 Å². The van der Waals surface area contributed by atoms with Crippen molar-refractivity contribution in [2.24, 2.45) is 0 Å². The molecule has 1 aromatic carbocycles. The number of anilines is 1. The summed E-state index contributed by atoms with van der Waals surface area (Å²) in [5, 5.41) is 24.6. The summed E-state index contributed by atoms with van der Waals surface area (Å²) < 4.78 is 0. The van der Waals surface area contributed by atoms with Crippen LogP contribution in [0.3, 0.4) is 0 Å². The summed E-state index contributed by atoms with van der Waals surface area (Å²) in [7, 11) is 0. The maximum Gasteiger partial charge on any atom is 0.288 e. The van der Waals surface area contributed by atoms with Crippen molar-refractivity contribution in [2.75, 3.05) is 24.2 Å². The van der Waals surface area contributed by atoms with Crippen LogP contribution in [0.25, 0.3) is 0 Å². The lowest BCUT2D eigenvalue weighted by molar-refractivity contribution is -0.384. The minimum atomic E-state index is -0.823. The smallest absolute Gasteiger partial charge is 0.288 e. The summed E-state index contributed by atoms with van der Waals surface area (Å²) >= 11 is 6.80. The lowest BCUT2D eigenvalue weighted by atomic mass is 10.2. The standard InChI is InChI=1S/C15H12ClN5O5S/c16-11-2-1-10(21(25)26)5-12(11)19-14(23)9(6-17)7-18-3-4-20-13(22)8-27-15(20)24/h1-2,5,7,18H,3-4,8H2,(H,19,23)/b9-7-. The van der Waals surface area contributed by atoms with E-state index in [1.807, 2.05) is 0 Å². The van der Waals surface area contributed by atoms with Crippen molar-refractivity contribution < 1.29 is 19.3 Å². The van der Waals surface area contributed by atoms with E-state index in [1.54, 1.807) is 6.07 Å². The molecule has 3 amide bonds. The molecule has 2 N–H and O–H groups in total. The van der Waals surface area contributed by atoms with E-state index in [-0.39, 0.29) is 52.0 Å². The van der Waals surface area contributed by atoms with E-state index in [0.29, 0.717) is 0 Å². The molecule has 1 saturated heterocycles. The van der Waals surface area contributed by atoms with Crippen LogP contribution in [0.5, 0.6) is 0 Å². The van der Waals surface area contributed by atoms with Crippen LogP contribution in [-0.4, -0.2) is 45.7 Å². The fourth-order valence-corrected chi connectivity index (χ4v) is 2.93. The second kappa shape index (κ2) is 9.02. The Morgan fingerprint density at radius 2 is 2.22 bits per heavy atom. The first-order valence-electron chi connectivity index (χ1n) is 7.39. The molecule has 12 heteroatoms. The molecule has 0 bridgehead atoms. The van der Waals surface area contributed by atoms with Crippen LogP contribution >= 0.6 is 23.4 Å². The van der Waals surface area contributed by atoms with Gasteiger partial charge in [0.25, 0.3) is 16.8 Å². The summed E-state index contributed by atoms with van der Waals surface area (Å²) in [4.78, 5) is 46.2. The maximum atomic E-state index is 12.1. The highest BCUT2D eigenvalue weighted by molar-refractivity contribution is 8.14. The van der Waals surface area contributed by atoms with Crippen molar-refractivity contribution >= 4 is 51.8 Å². The average Bonchev–Trinajstić information content (AvgIpc) is 2.95. The minimum Gasteiger partial charge on any atom is -0.388 e. The molecule has 0 atom stereocenters. The predicted octanol–water partition coefficient (Wildman–Crippen LogP) is 1.88. The first-order valence-corrected chi connectivity index (χ1v) is 8.76. The van der Waals surface area contributed by atoms with Crippen LogP contribution in [0, 0.1) is 21.4 Å². The molecule has 1 heterocycles. The molecule has 1 aromatic rings. The fraction of sp³-hybridized carbons (Fsp3) is 0.200. The minimum absolute atomic E-state index is 0.0118. The molecule has 1 aliphatic heterocycles. The number of hydrogen-bond acceptors (Lipinski definition) is 8. The number of nitriles is 1. The van der Waals surface area contributed by atoms with E-state index >= 15 is 0 Å². The molecule has 2 rings (SSSR count). The van der Waals surface area contributed by atoms with Crippen molar-refractivity contribution in [1.82, 2.24) is 10.2 Å². The SMILES string of the molecule is N#C/C(=C/NCCN1C(=O)CSC1=O)C(=O)Nc1cc([N+](=O)[O-])ccc1Cl. The molecule has 140 valence electrons. The number of nitrogens with zero attached hydrogens (tertiary/aromatic N) is 3. The number of nitrogens with one attached hydrogen (secondary N) is 2. The first-order chi connectivity index (χ1) is 12.8. The van der Waals surface area contributed by atoms with Gasteiger partial charge in [-0.3, -0.25) is 29.4 Å². The summed E-state index contributed by atoms with van der Waals surface area (Å²) in [6.07, 6.45) is 1.12. The van der Waals surface area contributed by atoms with Crippen LogP contribution in [0.4, 0.5) is 16.2 Å². The number of hydrogen-bond donors (Lipinski definition) is 2. The molecule has 0 radical (unpaired) electrons. The van der Waals surface area contributed by atoms with E-state index in [0.717, 1.165) is 28.9 Å². The normalized spacial score (nSPS) is 14.1. The number of carbonyl (C=O) groups is 3. The zero-order chi connectivity index (χ0) is 20.0. The first kappa shape index (κ1) is 20.2. The van der Waals surface area contributed by atoms with Gasteiger partial charge in [-0.25, -0.2) is 0 Å². The molecule has 0 aliphatic carbocycles. The number of halogens is 1. The second-order valence-corrected chi connectivity index (χ2v) is 6.43. The van der Waals surface area contributed by atoms with Crippen molar-refractivity contribution in [3.63, 3.8) is 0 Å². The van der Waals surface area contributed by atoms with Crippen LogP contribution in [0.2, 0.25) is 5.02 Å². The number of nitro groups is 1. The lowest BCUT2D eigenvalue weighted by Gasteiger charge is -2.12. The number of carbonyl (C=O) groups excluding carboxylic acids is 3. The quantitative estimate of drug-likeness (QED) is 0.228. The average molecular weight is 410 g/mol. The fourth-order valence-electron chi connectivity index (χ4n) is 2.01. The Morgan fingerprint density at radius 1 is 1.48 bits per heavy atom. The van der Waals surface area contributed by atoms with Gasteiger partial charge in [0, 0.05) is 31.4 Å². The molecular formula is C15H12ClN5O5S. The van der Waals surface area contributed by atoms with Gasteiger partial charge in [0.15, 0.2) is 0 Å². The summed E-state index contributed by atoms with van der Waals surface area (Å²) in [5.41, 5.74) is -0.596. The monoisotopic (exact) mass is 409 g/mol. The molecule has 0 saturated carbocycles. The van der Waals surface area contributed by atoms with Gasteiger partial charge in [-0.05, 0) is 6.07 Å². The van der Waals surface area contributed by atoms with Crippen molar-refractivity contribution in [2.45, 2.75) is 0 Å². The third kappa shape index (κ3) is 5.19. The van der Waals surface area contributed by atoms with Crippen molar-refractivity contribution in [3.05, 3.63) is 45.1 Å². The highest BCUT2D eigenvalue weighted by atomic mass is 35.5. The number of non-ortho nitro benzene ring substituents is 1. The summed E-state index contributed by atoms with van der Waals surface area (Å²) in [6.45, 7) is 0.242. The van der Waals surface area contributed by atoms with Gasteiger partial charge in [-0.2, -0.15) is 5.26 Å². The Morgan fingerprint density at radius 3 is 2.81 bits per heavy atom. The van der Waals surface area contributed by atoms with E-state index in [2.05, 4.69) is 10.6 Å². The Kier molecular flexibility index (Phi) is 6.75. The summed E-state index contributed by atoms with van der Waals surface area (Å²) in [6, 6.07) is 5.19. The Balaban J connectivity index is 1.97. The van der Waals surface area contributed by atoms with E-state index in [4.69, 9.17) is 16.9 Å². The topological polar surface area (TPSA) is 145 Å². The van der Waals surface area contributed by atoms with Gasteiger partial charge in [0.1, 0.15) is 11.6 Å². The number of benzene rings is 1. The van der Waals surface area contributed by atoms with Gasteiger partial charge in [0.05, 0.1) is 21.4 Å². The molecule has 10 nitrogen and oxygen atoms in total. The zero-order valence-corrected chi connectivity index (χ0v) is 15.2. The number of nitro benzene ring substituents is 1. The van der Waals surface area contributed by atoms with Crippen LogP contribution < -0.4 is 10.6 Å². The molecule has 27 heavy (non-hydrogen) atoms. The molecule has 0 aromatic heterocycles. The zero-order valence-electron chi connectivity index (χ0n) is 13.6. The van der Waals surface area contributed by atoms with Crippen molar-refractivity contribution in [1.29, 1.82) is 5.26 Å². The molecule has 0 unspecified atom stereocenters. The van der Waals surface area contributed by atoms with E-state index in [9.17, 15) is 24.5 Å². The second-order valence-electron chi connectivity index (χ2n) is 5.10. The van der Waals surface area contributed by atoms with Gasteiger partial charge < -0.3 is 10.6 Å². The van der Waals surface area contributed by atoms with Crippen LogP contribution in [-0.2, 0) is 9.59 Å². The molecule has 1 aliphatic rings. The largest absolute Gasteiger partial charge is 0.388 e. The van der Waals surface area contributed by atoms with Crippen LogP contribution in [0.15, 0.2) is 30.0 Å². The Labute approximate surface area is 162 Å². The molecule has 0 spiro atoms. The van der Waals surface area contributed by atoms with E-state index < -0.39 is 10.8 Å². The number of rotatable bonds is 7. The third-order valence-corrected chi connectivity index (χ3v) is 4.53. The maximum absolute atomic E-state index is 12.1. The summed E-state index contributed by atoms with van der Waals surface area (Å²) in [5.74, 6) is -1.02. The van der Waals surface area contributed by atoms with Crippen molar-refractivity contribution in [3.8, 4) is 6.07 Å². The highest BCUT2D eigenvalue weighted by Gasteiger charge is 2.29. The molecule has 1 fully saturated rings. The Bertz CT molecular complexity index is 866. The number of amides is 3. The highest BCUT2D eigenvalue weighted by Crippen LogP contribution is 2.27. The van der Waals surface area contributed by atoms with Gasteiger partial charge in [-0.1, -0.05) is 23.4 Å². The van der Waals surface area contributed by atoms with E-state index in [1.165, 1.54) is 12.1 Å². The number of thioether (sulfide) groups is 1. The Hall–Kier alpha value is -3.10. The number of imide groups is 1. The molecular weight excluding hydrogens is 398 g/mol. The van der Waals surface area contributed by atoms with Gasteiger partial charge >= 0.3 is 0 Å². The lowest BCUT2D eigenvalue weighted by Crippen LogP contribution is -2.34. The van der Waals surface area contributed by atoms with Crippen LogP contribution in [0.1, 0.15) is 0 Å².